The first kappa shape index (κ1) is 13.9. The van der Waals surface area contributed by atoms with Crippen LogP contribution < -0.4 is 10.6 Å². The largest absolute Gasteiger partial charge is 0.467 e. The maximum absolute atomic E-state index is 5.78. The van der Waals surface area contributed by atoms with Crippen molar-refractivity contribution in [2.24, 2.45) is 0 Å². The lowest BCUT2D eigenvalue weighted by Gasteiger charge is -2.09. The minimum Gasteiger partial charge on any atom is -0.467 e. The summed E-state index contributed by atoms with van der Waals surface area (Å²) < 4.78 is 7.00. The number of nitrogens with one attached hydrogen (secondary N) is 2. The van der Waals surface area contributed by atoms with E-state index in [9.17, 15) is 0 Å². The van der Waals surface area contributed by atoms with Crippen LogP contribution in [0.3, 0.4) is 0 Å². The van der Waals surface area contributed by atoms with E-state index in [1.807, 2.05) is 16.8 Å². The van der Waals surface area contributed by atoms with Crippen LogP contribution in [0.4, 0.5) is 0 Å². The molecule has 0 aliphatic rings. The fourth-order valence-electron chi connectivity index (χ4n) is 1.55. The van der Waals surface area contributed by atoms with Crippen LogP contribution in [0.5, 0.6) is 0 Å². The molecule has 0 atom stereocenters. The number of halogens is 1. The molecule has 5 nitrogen and oxygen atoms in total. The molecule has 2 N–H and O–H groups in total. The Labute approximate surface area is 121 Å². The number of nitrogens with zero attached hydrogens (tertiary/aromatic N) is 2. The Balaban J connectivity index is 1.56. The predicted molar refractivity (Wildman–Crippen MR) is 78.0 cm³/mol. The molecule has 0 aromatic carbocycles. The lowest BCUT2D eigenvalue weighted by molar-refractivity contribution is 0.502. The Bertz CT molecular complexity index is 512. The molecule has 102 valence electrons. The molecule has 2 aromatic rings. The van der Waals surface area contributed by atoms with E-state index in [4.69, 9.17) is 28.2 Å². The number of hydrogen-bond donors (Lipinski definition) is 2. The van der Waals surface area contributed by atoms with Crippen LogP contribution in [0.1, 0.15) is 12.2 Å². The molecular weight excluding hydrogens is 284 g/mol. The Morgan fingerprint density at radius 2 is 2.37 bits per heavy atom. The van der Waals surface area contributed by atoms with Crippen molar-refractivity contribution in [3.63, 3.8) is 0 Å². The van der Waals surface area contributed by atoms with Gasteiger partial charge in [-0.25, -0.2) is 0 Å². The van der Waals surface area contributed by atoms with Gasteiger partial charge < -0.3 is 15.1 Å². The summed E-state index contributed by atoms with van der Waals surface area (Å²) in [5.41, 5.74) is 0. The predicted octanol–water partition coefficient (Wildman–Crippen LogP) is 2.18. The van der Waals surface area contributed by atoms with Gasteiger partial charge in [-0.15, -0.1) is 0 Å². The molecule has 2 rings (SSSR count). The number of aromatic nitrogens is 2. The lowest BCUT2D eigenvalue weighted by atomic mass is 10.4. The molecule has 0 saturated carbocycles. The fourth-order valence-corrected chi connectivity index (χ4v) is 1.88. The summed E-state index contributed by atoms with van der Waals surface area (Å²) in [6.45, 7) is 2.18. The minimum atomic E-state index is 0.591. The summed E-state index contributed by atoms with van der Waals surface area (Å²) in [5, 5.41) is 11.6. The maximum atomic E-state index is 5.78. The van der Waals surface area contributed by atoms with E-state index in [-0.39, 0.29) is 0 Å². The molecule has 0 aliphatic heterocycles. The SMILES string of the molecule is S=C(NCCCn1cc(Cl)cn1)NCc1ccco1. The quantitative estimate of drug-likeness (QED) is 0.632. The van der Waals surface area contributed by atoms with Gasteiger partial charge in [0.15, 0.2) is 5.11 Å². The molecule has 2 aromatic heterocycles. The van der Waals surface area contributed by atoms with Gasteiger partial charge in [-0.2, -0.15) is 5.10 Å². The number of rotatable bonds is 6. The first-order valence-electron chi connectivity index (χ1n) is 5.96. The molecule has 0 bridgehead atoms. The highest BCUT2D eigenvalue weighted by Crippen LogP contribution is 2.04. The van der Waals surface area contributed by atoms with E-state index in [1.54, 1.807) is 18.7 Å². The third-order valence-electron chi connectivity index (χ3n) is 2.45. The third kappa shape index (κ3) is 4.92. The van der Waals surface area contributed by atoms with Gasteiger partial charge in [0.25, 0.3) is 0 Å². The zero-order valence-corrected chi connectivity index (χ0v) is 11.9. The van der Waals surface area contributed by atoms with E-state index in [0.29, 0.717) is 16.7 Å². The molecule has 0 saturated heterocycles. The summed E-state index contributed by atoms with van der Waals surface area (Å²) >= 11 is 10.9. The summed E-state index contributed by atoms with van der Waals surface area (Å²) in [5.74, 6) is 0.857. The molecule has 0 aliphatic carbocycles. The summed E-state index contributed by atoms with van der Waals surface area (Å²) in [4.78, 5) is 0. The number of thiocarbonyl (C=S) groups is 1. The van der Waals surface area contributed by atoms with Crippen molar-refractivity contribution in [1.82, 2.24) is 20.4 Å². The second-order valence-electron chi connectivity index (χ2n) is 3.96. The topological polar surface area (TPSA) is 55.0 Å². The molecule has 2 heterocycles. The number of aryl methyl sites for hydroxylation is 1. The summed E-state index contributed by atoms with van der Waals surface area (Å²) in [6, 6.07) is 3.75. The molecule has 0 amide bonds. The lowest BCUT2D eigenvalue weighted by Crippen LogP contribution is -2.35. The van der Waals surface area contributed by atoms with Crippen molar-refractivity contribution in [1.29, 1.82) is 0 Å². The van der Waals surface area contributed by atoms with Crippen LogP contribution in [0, 0.1) is 0 Å². The van der Waals surface area contributed by atoms with Crippen molar-refractivity contribution in [2.75, 3.05) is 6.54 Å². The standard InChI is InChI=1S/C12H15ClN4OS/c13-10-7-16-17(9-10)5-2-4-14-12(19)15-8-11-3-1-6-18-11/h1,3,6-7,9H,2,4-5,8H2,(H2,14,15,19). The van der Waals surface area contributed by atoms with Crippen LogP contribution in [-0.2, 0) is 13.1 Å². The van der Waals surface area contributed by atoms with E-state index < -0.39 is 0 Å². The summed E-state index contributed by atoms with van der Waals surface area (Å²) in [6.07, 6.45) is 5.99. The van der Waals surface area contributed by atoms with Gasteiger partial charge in [-0.05, 0) is 30.8 Å². The minimum absolute atomic E-state index is 0.591. The zero-order chi connectivity index (χ0) is 13.5. The molecule has 19 heavy (non-hydrogen) atoms. The van der Waals surface area contributed by atoms with Gasteiger partial charge >= 0.3 is 0 Å². The van der Waals surface area contributed by atoms with Gasteiger partial charge in [0.05, 0.1) is 24.0 Å². The highest BCUT2D eigenvalue weighted by atomic mass is 35.5. The van der Waals surface area contributed by atoms with Gasteiger partial charge in [0.1, 0.15) is 5.76 Å². The van der Waals surface area contributed by atoms with Crippen molar-refractivity contribution in [3.8, 4) is 0 Å². The molecular formula is C12H15ClN4OS. The average molecular weight is 299 g/mol. The van der Waals surface area contributed by atoms with E-state index in [2.05, 4.69) is 15.7 Å². The van der Waals surface area contributed by atoms with Crippen molar-refractivity contribution in [2.45, 2.75) is 19.5 Å². The van der Waals surface area contributed by atoms with Gasteiger partial charge in [0, 0.05) is 19.3 Å². The van der Waals surface area contributed by atoms with Crippen molar-refractivity contribution in [3.05, 3.63) is 41.6 Å². The van der Waals surface area contributed by atoms with E-state index in [0.717, 1.165) is 25.3 Å². The number of furan rings is 1. The van der Waals surface area contributed by atoms with Crippen LogP contribution in [0.15, 0.2) is 35.2 Å². The average Bonchev–Trinajstić information content (AvgIpc) is 3.04. The summed E-state index contributed by atoms with van der Waals surface area (Å²) in [7, 11) is 0. The third-order valence-corrected chi connectivity index (χ3v) is 2.94. The highest BCUT2D eigenvalue weighted by Gasteiger charge is 1.99. The zero-order valence-electron chi connectivity index (χ0n) is 10.3. The highest BCUT2D eigenvalue weighted by molar-refractivity contribution is 7.80. The molecule has 0 unspecified atom stereocenters. The Hall–Kier alpha value is -1.53. The molecule has 7 heteroatoms. The van der Waals surface area contributed by atoms with Crippen LogP contribution in [0.2, 0.25) is 5.02 Å². The Morgan fingerprint density at radius 3 is 3.05 bits per heavy atom. The van der Waals surface area contributed by atoms with Crippen molar-refractivity contribution >= 4 is 28.9 Å². The maximum Gasteiger partial charge on any atom is 0.166 e. The normalized spacial score (nSPS) is 10.4. The van der Waals surface area contributed by atoms with Gasteiger partial charge in [0.2, 0.25) is 0 Å². The molecule has 0 fully saturated rings. The van der Waals surface area contributed by atoms with Crippen LogP contribution in [-0.4, -0.2) is 21.4 Å². The van der Waals surface area contributed by atoms with E-state index in [1.165, 1.54) is 0 Å². The Kier molecular flexibility index (Phi) is 5.23. The first-order valence-corrected chi connectivity index (χ1v) is 6.75. The number of hydrogen-bond acceptors (Lipinski definition) is 3. The van der Waals surface area contributed by atoms with E-state index >= 15 is 0 Å². The second-order valence-corrected chi connectivity index (χ2v) is 4.81. The smallest absolute Gasteiger partial charge is 0.166 e. The van der Waals surface area contributed by atoms with Crippen molar-refractivity contribution < 1.29 is 4.42 Å². The van der Waals surface area contributed by atoms with Gasteiger partial charge in [-0.1, -0.05) is 11.6 Å². The second kappa shape index (κ2) is 7.16. The Morgan fingerprint density at radius 1 is 1.47 bits per heavy atom. The first-order chi connectivity index (χ1) is 9.24. The van der Waals surface area contributed by atoms with Gasteiger partial charge in [-0.3, -0.25) is 4.68 Å². The molecule has 0 radical (unpaired) electrons. The molecule has 0 spiro atoms. The van der Waals surface area contributed by atoms with Crippen LogP contribution in [0.25, 0.3) is 0 Å². The monoisotopic (exact) mass is 298 g/mol. The van der Waals surface area contributed by atoms with Crippen LogP contribution >= 0.6 is 23.8 Å². The fraction of sp³-hybridized carbons (Fsp3) is 0.333.